The molecule has 0 radical (unpaired) electrons. The number of ether oxygens (including phenoxy) is 1. The van der Waals surface area contributed by atoms with Crippen LogP contribution in [0.15, 0.2) is 30.3 Å². The Labute approximate surface area is 94.5 Å². The lowest BCUT2D eigenvalue weighted by Crippen LogP contribution is -1.96. The Kier molecular flexibility index (Phi) is 4.91. The van der Waals surface area contributed by atoms with Crippen molar-refractivity contribution in [2.24, 2.45) is 0 Å². The van der Waals surface area contributed by atoms with Crippen molar-refractivity contribution in [3.8, 4) is 5.75 Å². The van der Waals surface area contributed by atoms with Gasteiger partial charge in [0.1, 0.15) is 5.75 Å². The second kappa shape index (κ2) is 6.25. The molecule has 0 aliphatic heterocycles. The summed E-state index contributed by atoms with van der Waals surface area (Å²) in [5.41, 5.74) is 0.861. The molecule has 0 N–H and O–H groups in total. The largest absolute Gasteiger partial charge is 0.493 e. The summed E-state index contributed by atoms with van der Waals surface area (Å²) >= 11 is 5.22. The monoisotopic (exact) mass is 224 g/mol. The fraction of sp³-hybridized carbons (Fsp3) is 0.250. The lowest BCUT2D eigenvalue weighted by Gasteiger charge is -2.07. The van der Waals surface area contributed by atoms with Crippen LogP contribution in [0, 0.1) is 0 Å². The van der Waals surface area contributed by atoms with Crippen LogP contribution in [0.1, 0.15) is 18.9 Å². The van der Waals surface area contributed by atoms with E-state index in [0.29, 0.717) is 6.61 Å². The van der Waals surface area contributed by atoms with Crippen LogP contribution in [0.4, 0.5) is 0 Å². The highest BCUT2D eigenvalue weighted by atomic mass is 35.5. The average molecular weight is 225 g/mol. The summed E-state index contributed by atoms with van der Waals surface area (Å²) in [5.74, 6) is 0.772. The van der Waals surface area contributed by atoms with Crippen LogP contribution in [0.5, 0.6) is 5.75 Å². The molecule has 1 aromatic rings. The minimum Gasteiger partial charge on any atom is -0.493 e. The van der Waals surface area contributed by atoms with E-state index in [1.165, 1.54) is 6.08 Å². The van der Waals surface area contributed by atoms with E-state index in [1.54, 1.807) is 6.08 Å². The summed E-state index contributed by atoms with van der Waals surface area (Å²) in [4.78, 5) is 10.6. The summed E-state index contributed by atoms with van der Waals surface area (Å²) in [7, 11) is 0. The molecule has 1 aromatic carbocycles. The second-order valence-corrected chi connectivity index (χ2v) is 3.40. The smallest absolute Gasteiger partial charge is 0.245 e. The van der Waals surface area contributed by atoms with Gasteiger partial charge in [0.2, 0.25) is 5.24 Å². The highest BCUT2D eigenvalue weighted by Crippen LogP contribution is 2.19. The summed E-state index contributed by atoms with van der Waals surface area (Å²) in [6, 6.07) is 7.53. The van der Waals surface area contributed by atoms with E-state index in [9.17, 15) is 4.79 Å². The Bertz CT molecular complexity index is 358. The molecule has 0 saturated carbocycles. The number of benzene rings is 1. The number of allylic oxidation sites excluding steroid dienone is 1. The van der Waals surface area contributed by atoms with Gasteiger partial charge in [0.15, 0.2) is 0 Å². The predicted molar refractivity (Wildman–Crippen MR) is 62.1 cm³/mol. The van der Waals surface area contributed by atoms with E-state index in [1.807, 2.05) is 31.2 Å². The molecule has 0 aliphatic rings. The molecule has 0 atom stereocenters. The summed E-state index contributed by atoms with van der Waals surface area (Å²) < 4.78 is 5.51. The average Bonchev–Trinajstić information content (AvgIpc) is 2.24. The molecule has 0 aromatic heterocycles. The molecule has 0 bridgehead atoms. The zero-order valence-corrected chi connectivity index (χ0v) is 9.33. The van der Waals surface area contributed by atoms with Gasteiger partial charge in [-0.1, -0.05) is 25.1 Å². The summed E-state index contributed by atoms with van der Waals surface area (Å²) in [6.45, 7) is 2.71. The van der Waals surface area contributed by atoms with Crippen LogP contribution in [0.2, 0.25) is 0 Å². The van der Waals surface area contributed by atoms with Gasteiger partial charge in [-0.25, -0.2) is 0 Å². The standard InChI is InChI=1S/C12H13ClO2/c1-2-9-15-11-6-4-3-5-10(11)7-8-12(13)14/h3-8H,2,9H2,1H3/b8-7+. The number of halogens is 1. The van der Waals surface area contributed by atoms with Crippen molar-refractivity contribution in [3.63, 3.8) is 0 Å². The molecule has 0 spiro atoms. The van der Waals surface area contributed by atoms with Crippen molar-refractivity contribution in [1.29, 1.82) is 0 Å². The zero-order valence-electron chi connectivity index (χ0n) is 8.57. The number of carbonyl (C=O) groups is 1. The Balaban J connectivity index is 2.81. The first-order valence-electron chi connectivity index (χ1n) is 4.83. The number of hydrogen-bond acceptors (Lipinski definition) is 2. The Morgan fingerprint density at radius 3 is 2.87 bits per heavy atom. The third kappa shape index (κ3) is 4.17. The third-order valence-corrected chi connectivity index (χ3v) is 1.90. The maximum absolute atomic E-state index is 10.6. The molecular formula is C12H13ClO2. The van der Waals surface area contributed by atoms with E-state index in [0.717, 1.165) is 17.7 Å². The molecule has 2 nitrogen and oxygen atoms in total. The Morgan fingerprint density at radius 2 is 2.20 bits per heavy atom. The minimum atomic E-state index is -0.486. The van der Waals surface area contributed by atoms with Gasteiger partial charge in [0.05, 0.1) is 6.61 Å². The van der Waals surface area contributed by atoms with Gasteiger partial charge in [-0.2, -0.15) is 0 Å². The SMILES string of the molecule is CCCOc1ccccc1/C=C/C(=O)Cl. The van der Waals surface area contributed by atoms with Gasteiger partial charge >= 0.3 is 0 Å². The highest BCUT2D eigenvalue weighted by molar-refractivity contribution is 6.66. The fourth-order valence-electron chi connectivity index (χ4n) is 1.12. The Hall–Kier alpha value is -1.28. The van der Waals surface area contributed by atoms with Gasteiger partial charge in [-0.05, 0) is 36.2 Å². The first kappa shape index (κ1) is 11.8. The van der Waals surface area contributed by atoms with Gasteiger partial charge in [0.25, 0.3) is 0 Å². The maximum atomic E-state index is 10.6. The van der Waals surface area contributed by atoms with Crippen molar-refractivity contribution >= 4 is 22.9 Å². The zero-order chi connectivity index (χ0) is 11.1. The van der Waals surface area contributed by atoms with Crippen LogP contribution in [0.25, 0.3) is 6.08 Å². The molecule has 15 heavy (non-hydrogen) atoms. The molecule has 0 unspecified atom stereocenters. The molecule has 0 amide bonds. The van der Waals surface area contributed by atoms with Gasteiger partial charge in [-0.15, -0.1) is 0 Å². The van der Waals surface area contributed by atoms with Crippen molar-refractivity contribution in [2.45, 2.75) is 13.3 Å². The van der Waals surface area contributed by atoms with Gasteiger partial charge < -0.3 is 4.74 Å². The first-order chi connectivity index (χ1) is 7.24. The molecule has 0 aliphatic carbocycles. The topological polar surface area (TPSA) is 26.3 Å². The second-order valence-electron chi connectivity index (χ2n) is 3.02. The van der Waals surface area contributed by atoms with Crippen molar-refractivity contribution < 1.29 is 9.53 Å². The van der Waals surface area contributed by atoms with Gasteiger partial charge in [0, 0.05) is 5.56 Å². The first-order valence-corrected chi connectivity index (χ1v) is 5.21. The minimum absolute atomic E-state index is 0.486. The number of hydrogen-bond donors (Lipinski definition) is 0. The van der Waals surface area contributed by atoms with Crippen LogP contribution in [-0.4, -0.2) is 11.8 Å². The van der Waals surface area contributed by atoms with Crippen LogP contribution < -0.4 is 4.74 Å². The maximum Gasteiger partial charge on any atom is 0.245 e. The highest BCUT2D eigenvalue weighted by Gasteiger charge is 1.98. The molecule has 80 valence electrons. The molecule has 0 heterocycles. The predicted octanol–water partition coefficient (Wildman–Crippen LogP) is 3.25. The van der Waals surface area contributed by atoms with Crippen LogP contribution in [-0.2, 0) is 4.79 Å². The fourth-order valence-corrected chi connectivity index (χ4v) is 1.18. The van der Waals surface area contributed by atoms with E-state index in [2.05, 4.69) is 0 Å². The van der Waals surface area contributed by atoms with Gasteiger partial charge in [-0.3, -0.25) is 4.79 Å². The van der Waals surface area contributed by atoms with Crippen LogP contribution in [0.3, 0.4) is 0 Å². The van der Waals surface area contributed by atoms with Crippen molar-refractivity contribution in [2.75, 3.05) is 6.61 Å². The summed E-state index contributed by atoms with van der Waals surface area (Å²) in [5, 5.41) is -0.486. The van der Waals surface area contributed by atoms with E-state index in [-0.39, 0.29) is 0 Å². The van der Waals surface area contributed by atoms with Crippen molar-refractivity contribution in [1.82, 2.24) is 0 Å². The van der Waals surface area contributed by atoms with E-state index >= 15 is 0 Å². The van der Waals surface area contributed by atoms with Crippen LogP contribution >= 0.6 is 11.6 Å². The summed E-state index contributed by atoms with van der Waals surface area (Å²) in [6.07, 6.45) is 3.92. The number of para-hydroxylation sites is 1. The molecule has 0 saturated heterocycles. The van der Waals surface area contributed by atoms with E-state index < -0.39 is 5.24 Å². The normalized spacial score (nSPS) is 10.5. The number of carbonyl (C=O) groups excluding carboxylic acids is 1. The third-order valence-electron chi connectivity index (χ3n) is 1.77. The lowest BCUT2D eigenvalue weighted by atomic mass is 10.2. The Morgan fingerprint density at radius 1 is 1.47 bits per heavy atom. The lowest BCUT2D eigenvalue weighted by molar-refractivity contribution is -0.107. The molecule has 1 rings (SSSR count). The molecular weight excluding hydrogens is 212 g/mol. The quantitative estimate of drug-likeness (QED) is 0.567. The number of rotatable bonds is 5. The molecule has 0 fully saturated rings. The van der Waals surface area contributed by atoms with Crippen molar-refractivity contribution in [3.05, 3.63) is 35.9 Å². The van der Waals surface area contributed by atoms with E-state index in [4.69, 9.17) is 16.3 Å². The molecule has 3 heteroatoms.